The van der Waals surface area contributed by atoms with E-state index < -0.39 is 10.0 Å². The average molecular weight is 228 g/mol. The molecule has 2 aromatic rings. The molecule has 0 saturated carbocycles. The minimum atomic E-state index is -3.74. The molecule has 0 amide bonds. The lowest BCUT2D eigenvalue weighted by Crippen LogP contribution is -2.11. The Labute approximate surface area is 85.4 Å². The standard InChI is InChI=1S/C8H8N2O4S/c9-15(12,13)5-1-2-7-6(3-5)10-8(4-11)14-7/h1-3,11H,4H2,(H2,9,12,13). The lowest BCUT2D eigenvalue weighted by molar-refractivity contribution is 0.244. The van der Waals surface area contributed by atoms with Crippen LogP contribution in [0.2, 0.25) is 0 Å². The highest BCUT2D eigenvalue weighted by molar-refractivity contribution is 7.89. The van der Waals surface area contributed by atoms with E-state index in [1.807, 2.05) is 0 Å². The molecule has 1 aromatic heterocycles. The van der Waals surface area contributed by atoms with Gasteiger partial charge in [-0.1, -0.05) is 0 Å². The molecule has 0 aliphatic heterocycles. The third kappa shape index (κ3) is 1.84. The largest absolute Gasteiger partial charge is 0.438 e. The minimum Gasteiger partial charge on any atom is -0.438 e. The molecule has 0 saturated heterocycles. The number of sulfonamides is 1. The van der Waals surface area contributed by atoms with Crippen molar-refractivity contribution in [3.05, 3.63) is 24.1 Å². The Morgan fingerprint density at radius 3 is 2.80 bits per heavy atom. The van der Waals surface area contributed by atoms with Gasteiger partial charge in [-0.15, -0.1) is 0 Å². The second kappa shape index (κ2) is 3.30. The van der Waals surface area contributed by atoms with Crippen LogP contribution in [0.25, 0.3) is 11.1 Å². The summed E-state index contributed by atoms with van der Waals surface area (Å²) in [6.45, 7) is -0.334. The van der Waals surface area contributed by atoms with E-state index in [9.17, 15) is 8.42 Å². The number of hydrogen-bond acceptors (Lipinski definition) is 5. The molecule has 15 heavy (non-hydrogen) atoms. The molecule has 7 heteroatoms. The van der Waals surface area contributed by atoms with Gasteiger partial charge in [-0.05, 0) is 18.2 Å². The lowest BCUT2D eigenvalue weighted by Gasteiger charge is -1.95. The average Bonchev–Trinajstić information content (AvgIpc) is 2.57. The second-order valence-corrected chi connectivity index (χ2v) is 4.50. The first-order valence-corrected chi connectivity index (χ1v) is 5.58. The van der Waals surface area contributed by atoms with Gasteiger partial charge in [0, 0.05) is 0 Å². The van der Waals surface area contributed by atoms with Crippen molar-refractivity contribution in [3.63, 3.8) is 0 Å². The van der Waals surface area contributed by atoms with Crippen LogP contribution in [0.15, 0.2) is 27.5 Å². The molecule has 80 valence electrons. The summed E-state index contributed by atoms with van der Waals surface area (Å²) in [4.78, 5) is 3.83. The summed E-state index contributed by atoms with van der Waals surface area (Å²) < 4.78 is 27.1. The molecular formula is C8H8N2O4S. The number of nitrogens with zero attached hydrogens (tertiary/aromatic N) is 1. The summed E-state index contributed by atoms with van der Waals surface area (Å²) in [5.74, 6) is 0.136. The number of aliphatic hydroxyl groups is 1. The van der Waals surface area contributed by atoms with Crippen molar-refractivity contribution < 1.29 is 17.9 Å². The molecule has 1 aromatic carbocycles. The molecule has 0 spiro atoms. The molecule has 0 aliphatic carbocycles. The monoisotopic (exact) mass is 228 g/mol. The van der Waals surface area contributed by atoms with E-state index in [0.717, 1.165) is 0 Å². The first-order valence-electron chi connectivity index (χ1n) is 4.04. The van der Waals surface area contributed by atoms with Crippen molar-refractivity contribution in [2.75, 3.05) is 0 Å². The lowest BCUT2D eigenvalue weighted by atomic mass is 10.3. The molecule has 6 nitrogen and oxygen atoms in total. The Kier molecular flexibility index (Phi) is 2.22. The fourth-order valence-electron chi connectivity index (χ4n) is 1.20. The van der Waals surface area contributed by atoms with Crippen LogP contribution in [0.3, 0.4) is 0 Å². The molecule has 0 aliphatic rings. The van der Waals surface area contributed by atoms with E-state index in [4.69, 9.17) is 14.7 Å². The Bertz CT molecular complexity index is 602. The number of fused-ring (bicyclic) bond motifs is 1. The van der Waals surface area contributed by atoms with Crippen LogP contribution in [-0.4, -0.2) is 18.5 Å². The van der Waals surface area contributed by atoms with Crippen LogP contribution in [0.4, 0.5) is 0 Å². The maximum atomic E-state index is 11.0. The van der Waals surface area contributed by atoms with Gasteiger partial charge in [-0.2, -0.15) is 0 Å². The number of oxazole rings is 1. The number of benzene rings is 1. The third-order valence-electron chi connectivity index (χ3n) is 1.87. The summed E-state index contributed by atoms with van der Waals surface area (Å²) in [6.07, 6.45) is 0. The fourth-order valence-corrected chi connectivity index (χ4v) is 1.73. The zero-order valence-corrected chi connectivity index (χ0v) is 8.36. The van der Waals surface area contributed by atoms with Gasteiger partial charge in [-0.25, -0.2) is 18.5 Å². The van der Waals surface area contributed by atoms with Crippen LogP contribution in [0.1, 0.15) is 5.89 Å². The molecule has 0 radical (unpaired) electrons. The molecule has 0 bridgehead atoms. The van der Waals surface area contributed by atoms with Crippen LogP contribution in [0, 0.1) is 0 Å². The molecular weight excluding hydrogens is 220 g/mol. The van der Waals surface area contributed by atoms with Crippen molar-refractivity contribution in [3.8, 4) is 0 Å². The topological polar surface area (TPSA) is 106 Å². The Morgan fingerprint density at radius 2 is 2.20 bits per heavy atom. The minimum absolute atomic E-state index is 0.0345. The maximum Gasteiger partial charge on any atom is 0.238 e. The zero-order chi connectivity index (χ0) is 11.1. The molecule has 3 N–H and O–H groups in total. The summed E-state index contributed by atoms with van der Waals surface area (Å²) in [5.41, 5.74) is 0.761. The normalized spacial score (nSPS) is 12.1. The van der Waals surface area contributed by atoms with Gasteiger partial charge in [0.25, 0.3) is 0 Å². The third-order valence-corrected chi connectivity index (χ3v) is 2.78. The smallest absolute Gasteiger partial charge is 0.238 e. The number of primary sulfonamides is 1. The quantitative estimate of drug-likeness (QED) is 0.750. The zero-order valence-electron chi connectivity index (χ0n) is 7.54. The van der Waals surface area contributed by atoms with Crippen LogP contribution in [0.5, 0.6) is 0 Å². The van der Waals surface area contributed by atoms with Crippen molar-refractivity contribution in [1.82, 2.24) is 4.98 Å². The van der Waals surface area contributed by atoms with Crippen molar-refractivity contribution in [2.24, 2.45) is 5.14 Å². The van der Waals surface area contributed by atoms with Gasteiger partial charge in [0.2, 0.25) is 15.9 Å². The van der Waals surface area contributed by atoms with Gasteiger partial charge in [0.15, 0.2) is 5.58 Å². The van der Waals surface area contributed by atoms with Gasteiger partial charge in [0.1, 0.15) is 12.1 Å². The maximum absolute atomic E-state index is 11.0. The summed E-state index contributed by atoms with van der Waals surface area (Å²) in [5, 5.41) is 13.7. The summed E-state index contributed by atoms with van der Waals surface area (Å²) >= 11 is 0. The van der Waals surface area contributed by atoms with E-state index in [1.165, 1.54) is 18.2 Å². The highest BCUT2D eigenvalue weighted by Crippen LogP contribution is 2.19. The van der Waals surface area contributed by atoms with Crippen LogP contribution in [-0.2, 0) is 16.6 Å². The van der Waals surface area contributed by atoms with Gasteiger partial charge < -0.3 is 9.52 Å². The Hall–Kier alpha value is -1.44. The number of aliphatic hydroxyl groups excluding tert-OH is 1. The van der Waals surface area contributed by atoms with E-state index >= 15 is 0 Å². The highest BCUT2D eigenvalue weighted by Gasteiger charge is 2.11. The molecule has 0 atom stereocenters. The Balaban J connectivity index is 2.66. The number of rotatable bonds is 2. The summed E-state index contributed by atoms with van der Waals surface area (Å²) in [6, 6.07) is 4.07. The van der Waals surface area contributed by atoms with Gasteiger partial charge >= 0.3 is 0 Å². The van der Waals surface area contributed by atoms with E-state index in [1.54, 1.807) is 0 Å². The van der Waals surface area contributed by atoms with Crippen molar-refractivity contribution in [2.45, 2.75) is 11.5 Å². The number of hydrogen-bond donors (Lipinski definition) is 2. The van der Waals surface area contributed by atoms with Gasteiger partial charge in [-0.3, -0.25) is 0 Å². The first kappa shape index (κ1) is 10.1. The van der Waals surface area contributed by atoms with Crippen molar-refractivity contribution >= 4 is 21.1 Å². The predicted octanol–water partition coefficient (Wildman–Crippen LogP) is -0.0325. The first-order chi connectivity index (χ1) is 7.00. The van der Waals surface area contributed by atoms with Crippen LogP contribution >= 0.6 is 0 Å². The van der Waals surface area contributed by atoms with E-state index in [-0.39, 0.29) is 17.4 Å². The number of nitrogens with two attached hydrogens (primary N) is 1. The predicted molar refractivity (Wildman–Crippen MR) is 51.3 cm³/mol. The molecule has 2 rings (SSSR count). The second-order valence-electron chi connectivity index (χ2n) is 2.94. The summed E-state index contributed by atoms with van der Waals surface area (Å²) in [7, 11) is -3.74. The van der Waals surface area contributed by atoms with Gasteiger partial charge in [0.05, 0.1) is 4.90 Å². The SMILES string of the molecule is NS(=O)(=O)c1ccc2oc(CO)nc2c1. The van der Waals surface area contributed by atoms with E-state index in [2.05, 4.69) is 4.98 Å². The molecule has 1 heterocycles. The van der Waals surface area contributed by atoms with Crippen molar-refractivity contribution in [1.29, 1.82) is 0 Å². The van der Waals surface area contributed by atoms with E-state index in [0.29, 0.717) is 11.1 Å². The fraction of sp³-hybridized carbons (Fsp3) is 0.125. The molecule has 0 fully saturated rings. The highest BCUT2D eigenvalue weighted by atomic mass is 32.2. The molecule has 0 unspecified atom stereocenters. The Morgan fingerprint density at radius 1 is 1.47 bits per heavy atom. The van der Waals surface area contributed by atoms with Crippen LogP contribution < -0.4 is 5.14 Å². The number of aromatic nitrogens is 1.